The van der Waals surface area contributed by atoms with Crippen molar-refractivity contribution in [3.05, 3.63) is 82.9 Å². The molecule has 0 amide bonds. The van der Waals surface area contributed by atoms with E-state index in [1.54, 1.807) is 16.8 Å². The van der Waals surface area contributed by atoms with Crippen molar-refractivity contribution in [2.75, 3.05) is 5.32 Å². The molecule has 0 saturated heterocycles. The van der Waals surface area contributed by atoms with E-state index in [0.717, 1.165) is 24.9 Å². The molecule has 206 valence electrons. The minimum Gasteiger partial charge on any atom is -0.481 e. The molecular weight excluding hydrogens is 508 g/mol. The predicted molar refractivity (Wildman–Crippen MR) is 151 cm³/mol. The number of nitrogens with zero attached hydrogens (tertiary/aromatic N) is 5. The van der Waals surface area contributed by atoms with Gasteiger partial charge >= 0.3 is 5.97 Å². The van der Waals surface area contributed by atoms with Gasteiger partial charge in [-0.05, 0) is 80.7 Å². The third-order valence-corrected chi connectivity index (χ3v) is 8.30. The third kappa shape index (κ3) is 4.68. The first-order valence-corrected chi connectivity index (χ1v) is 13.8. The zero-order chi connectivity index (χ0) is 27.9. The number of carboxylic acid groups (broad SMARTS) is 1. The van der Waals surface area contributed by atoms with Gasteiger partial charge < -0.3 is 15.5 Å². The number of aliphatic carboxylic acids is 1. The number of fused-ring (bicyclic) bond motifs is 1. The van der Waals surface area contributed by atoms with Gasteiger partial charge in [0.05, 0.1) is 18.2 Å². The molecule has 3 aromatic heterocycles. The van der Waals surface area contributed by atoms with Crippen molar-refractivity contribution in [2.24, 2.45) is 5.92 Å². The molecule has 0 spiro atoms. The Labute approximate surface area is 231 Å². The lowest BCUT2D eigenvalue weighted by atomic mass is 9.77. The maximum atomic E-state index is 13.3. The second kappa shape index (κ2) is 10.3. The number of nitrogens with one attached hydrogen (secondary N) is 1. The van der Waals surface area contributed by atoms with E-state index in [2.05, 4.69) is 29.0 Å². The van der Waals surface area contributed by atoms with Crippen LogP contribution in [-0.4, -0.2) is 40.5 Å². The highest BCUT2D eigenvalue weighted by Gasteiger charge is 2.38. The van der Waals surface area contributed by atoms with Gasteiger partial charge in [-0.2, -0.15) is 4.98 Å². The highest BCUT2D eigenvalue weighted by Crippen LogP contribution is 2.40. The lowest BCUT2D eigenvalue weighted by Crippen LogP contribution is -2.35. The van der Waals surface area contributed by atoms with Crippen LogP contribution in [0, 0.1) is 5.92 Å². The maximum Gasteiger partial charge on any atom is 0.306 e. The molecule has 2 aliphatic carbocycles. The lowest BCUT2D eigenvalue weighted by molar-refractivity contribution is -0.142. The van der Waals surface area contributed by atoms with E-state index in [9.17, 15) is 19.8 Å². The zero-order valence-corrected chi connectivity index (χ0v) is 22.2. The molecule has 3 heterocycles. The summed E-state index contributed by atoms with van der Waals surface area (Å²) in [6.07, 6.45) is 8.58. The van der Waals surface area contributed by atoms with Crippen molar-refractivity contribution in [3.8, 4) is 5.82 Å². The minimum absolute atomic E-state index is 0.233. The molecule has 40 heavy (non-hydrogen) atoms. The van der Waals surface area contributed by atoms with Crippen LogP contribution in [0.1, 0.15) is 62.1 Å². The van der Waals surface area contributed by atoms with Crippen molar-refractivity contribution in [2.45, 2.75) is 63.0 Å². The fourth-order valence-corrected chi connectivity index (χ4v) is 5.82. The van der Waals surface area contributed by atoms with Crippen LogP contribution < -0.4 is 10.9 Å². The van der Waals surface area contributed by atoms with Crippen LogP contribution in [0.2, 0.25) is 0 Å². The molecule has 0 aliphatic heterocycles. The maximum absolute atomic E-state index is 13.3. The fraction of sp³-hybridized carbons (Fsp3) is 0.367. The molecule has 0 radical (unpaired) electrons. The molecule has 1 aromatic carbocycles. The van der Waals surface area contributed by atoms with Gasteiger partial charge in [0, 0.05) is 11.9 Å². The molecule has 0 atom stereocenters. The number of carbonyl (C=O) groups is 1. The second-order valence-electron chi connectivity index (χ2n) is 10.8. The summed E-state index contributed by atoms with van der Waals surface area (Å²) in [5, 5.41) is 23.7. The molecule has 0 bridgehead atoms. The monoisotopic (exact) mass is 540 g/mol. The summed E-state index contributed by atoms with van der Waals surface area (Å²) in [5.74, 6) is 0.250. The molecule has 2 aliphatic rings. The van der Waals surface area contributed by atoms with Crippen LogP contribution in [0.4, 0.5) is 11.6 Å². The highest BCUT2D eigenvalue weighted by molar-refractivity contribution is 5.77. The summed E-state index contributed by atoms with van der Waals surface area (Å²) >= 11 is 0. The van der Waals surface area contributed by atoms with Gasteiger partial charge in [-0.1, -0.05) is 24.3 Å². The summed E-state index contributed by atoms with van der Waals surface area (Å²) in [4.78, 5) is 38.4. The standard InChI is InChI=1S/C30H32N6O4/c1-2-17-35-27(37)23-18-31-29(32-22-13-11-20(12-14-22)19-7-9-21(10-8-19)28(38)39)34-26(23)36(35)25-6-3-5-24(33-25)30(40)15-4-16-30/h2-3,5-6,11-14,18-19,21,40H,1,4,7-10,15-17H2,(H,38,39)(H,31,32,34). The lowest BCUT2D eigenvalue weighted by Gasteiger charge is -2.36. The molecule has 6 rings (SSSR count). The van der Waals surface area contributed by atoms with Crippen LogP contribution in [0.5, 0.6) is 0 Å². The Morgan fingerprint density at radius 3 is 2.50 bits per heavy atom. The van der Waals surface area contributed by atoms with Crippen molar-refractivity contribution < 1.29 is 15.0 Å². The van der Waals surface area contributed by atoms with Crippen LogP contribution in [0.3, 0.4) is 0 Å². The van der Waals surface area contributed by atoms with Gasteiger partial charge in [-0.25, -0.2) is 19.3 Å². The number of rotatable bonds is 8. The molecule has 10 heteroatoms. The smallest absolute Gasteiger partial charge is 0.306 e. The Morgan fingerprint density at radius 2 is 1.85 bits per heavy atom. The molecule has 0 unspecified atom stereocenters. The average Bonchev–Trinajstić information content (AvgIpc) is 3.23. The van der Waals surface area contributed by atoms with Gasteiger partial charge in [-0.3, -0.25) is 9.59 Å². The molecular formula is C30H32N6O4. The van der Waals surface area contributed by atoms with E-state index >= 15 is 0 Å². The zero-order valence-electron chi connectivity index (χ0n) is 22.2. The van der Waals surface area contributed by atoms with E-state index in [4.69, 9.17) is 9.97 Å². The Kier molecular flexibility index (Phi) is 6.71. The van der Waals surface area contributed by atoms with Crippen molar-refractivity contribution >= 4 is 28.6 Å². The third-order valence-electron chi connectivity index (χ3n) is 8.30. The molecule has 2 fully saturated rings. The van der Waals surface area contributed by atoms with Crippen LogP contribution in [0.15, 0.2) is 66.1 Å². The molecule has 4 aromatic rings. The first-order chi connectivity index (χ1) is 19.4. The quantitative estimate of drug-likeness (QED) is 0.275. The Morgan fingerprint density at radius 1 is 1.10 bits per heavy atom. The van der Waals surface area contributed by atoms with Gasteiger partial charge in [0.1, 0.15) is 11.0 Å². The van der Waals surface area contributed by atoms with Crippen molar-refractivity contribution in [1.82, 2.24) is 24.3 Å². The topological polar surface area (TPSA) is 135 Å². The minimum atomic E-state index is -0.939. The summed E-state index contributed by atoms with van der Waals surface area (Å²) in [5.41, 5.74) is 1.79. The first kappa shape index (κ1) is 25.9. The molecule has 2 saturated carbocycles. The van der Waals surface area contributed by atoms with Crippen molar-refractivity contribution in [1.29, 1.82) is 0 Å². The van der Waals surface area contributed by atoms with E-state index in [1.165, 1.54) is 16.4 Å². The summed E-state index contributed by atoms with van der Waals surface area (Å²) < 4.78 is 3.18. The average molecular weight is 541 g/mol. The van der Waals surface area contributed by atoms with E-state index < -0.39 is 11.6 Å². The van der Waals surface area contributed by atoms with E-state index in [-0.39, 0.29) is 18.0 Å². The number of aromatic nitrogens is 5. The van der Waals surface area contributed by atoms with Crippen LogP contribution in [-0.2, 0) is 16.9 Å². The number of allylic oxidation sites excluding steroid dienone is 1. The Balaban J connectivity index is 1.29. The van der Waals surface area contributed by atoms with E-state index in [1.807, 2.05) is 24.3 Å². The number of benzene rings is 1. The summed E-state index contributed by atoms with van der Waals surface area (Å²) in [6.45, 7) is 4.05. The number of hydrogen-bond acceptors (Lipinski definition) is 7. The van der Waals surface area contributed by atoms with Crippen LogP contribution >= 0.6 is 0 Å². The number of anilines is 2. The Hall–Kier alpha value is -4.31. The van der Waals surface area contributed by atoms with Gasteiger partial charge in [0.2, 0.25) is 5.95 Å². The normalized spacial score (nSPS) is 20.1. The molecule has 3 N–H and O–H groups in total. The largest absolute Gasteiger partial charge is 0.481 e. The highest BCUT2D eigenvalue weighted by atomic mass is 16.4. The van der Waals surface area contributed by atoms with Crippen molar-refractivity contribution in [3.63, 3.8) is 0 Å². The van der Waals surface area contributed by atoms with Gasteiger partial charge in [-0.15, -0.1) is 6.58 Å². The van der Waals surface area contributed by atoms with Gasteiger partial charge in [0.25, 0.3) is 5.56 Å². The summed E-state index contributed by atoms with van der Waals surface area (Å²) in [6, 6.07) is 13.5. The Bertz CT molecular complexity index is 1630. The number of pyridine rings is 1. The second-order valence-corrected chi connectivity index (χ2v) is 10.8. The first-order valence-electron chi connectivity index (χ1n) is 13.8. The summed E-state index contributed by atoms with van der Waals surface area (Å²) in [7, 11) is 0. The number of aliphatic hydroxyl groups is 1. The molecule has 10 nitrogen and oxygen atoms in total. The number of carboxylic acids is 1. The SMILES string of the molecule is C=CCn1c(=O)c2cnc(Nc3ccc(C4CCC(C(=O)O)CC4)cc3)nc2n1-c1cccc(C2(O)CCC2)n1. The van der Waals surface area contributed by atoms with Crippen LogP contribution in [0.25, 0.3) is 16.9 Å². The number of hydrogen-bond donors (Lipinski definition) is 3. The fourth-order valence-electron chi connectivity index (χ4n) is 5.82. The van der Waals surface area contributed by atoms with E-state index in [0.29, 0.717) is 60.1 Å². The van der Waals surface area contributed by atoms with Gasteiger partial charge in [0.15, 0.2) is 11.5 Å². The predicted octanol–water partition coefficient (Wildman–Crippen LogP) is 4.64.